The van der Waals surface area contributed by atoms with Crippen LogP contribution in [0, 0.1) is 5.92 Å². The smallest absolute Gasteiger partial charge is 0.407 e. The average Bonchev–Trinajstić information content (AvgIpc) is 2.21. The van der Waals surface area contributed by atoms with E-state index in [9.17, 15) is 14.7 Å². The first kappa shape index (κ1) is 17.7. The van der Waals surface area contributed by atoms with Gasteiger partial charge in [-0.2, -0.15) is 0 Å². The van der Waals surface area contributed by atoms with E-state index in [2.05, 4.69) is 5.32 Å². The van der Waals surface area contributed by atoms with Crippen molar-refractivity contribution >= 4 is 12.1 Å². The lowest BCUT2D eigenvalue weighted by Gasteiger charge is -2.29. The van der Waals surface area contributed by atoms with Crippen LogP contribution in [0.1, 0.15) is 47.5 Å². The maximum Gasteiger partial charge on any atom is 0.407 e. The number of hydrogen-bond acceptors (Lipinski definition) is 4. The highest BCUT2D eigenvalue weighted by Gasteiger charge is 2.29. The number of rotatable bonds is 6. The van der Waals surface area contributed by atoms with E-state index in [0.717, 1.165) is 0 Å². The Morgan fingerprint density at radius 1 is 1.32 bits per heavy atom. The molecule has 3 atom stereocenters. The molecule has 0 aliphatic rings. The second-order valence-electron chi connectivity index (χ2n) is 5.72. The second kappa shape index (κ2) is 7.33. The third-order valence-electron chi connectivity index (χ3n) is 2.74. The van der Waals surface area contributed by atoms with Gasteiger partial charge < -0.3 is 20.3 Å². The molecule has 0 rings (SSSR count). The number of amides is 1. The van der Waals surface area contributed by atoms with E-state index in [-0.39, 0.29) is 5.92 Å². The lowest BCUT2D eigenvalue weighted by Crippen LogP contribution is -2.49. The van der Waals surface area contributed by atoms with E-state index in [1.54, 1.807) is 20.8 Å². The molecule has 3 N–H and O–H groups in total. The zero-order valence-corrected chi connectivity index (χ0v) is 12.3. The van der Waals surface area contributed by atoms with Gasteiger partial charge in [-0.15, -0.1) is 0 Å². The molecule has 0 aromatic rings. The van der Waals surface area contributed by atoms with Gasteiger partial charge in [0.05, 0.1) is 18.6 Å². The van der Waals surface area contributed by atoms with Crippen molar-refractivity contribution in [1.29, 1.82) is 0 Å². The molecule has 0 bridgehead atoms. The number of aliphatic hydroxyl groups is 1. The molecular weight excluding hydrogens is 250 g/mol. The van der Waals surface area contributed by atoms with Crippen LogP contribution in [-0.4, -0.2) is 40.0 Å². The van der Waals surface area contributed by atoms with E-state index in [1.807, 2.05) is 13.8 Å². The maximum absolute atomic E-state index is 11.7. The number of carboxylic acids is 1. The SMILES string of the molecule is CC[C@H](C)[C@H](NC(=O)OC(C)(C)C)[C@@H](O)CC(=O)O. The fourth-order valence-corrected chi connectivity index (χ4v) is 1.62. The van der Waals surface area contributed by atoms with Gasteiger partial charge in [0.1, 0.15) is 5.60 Å². The molecule has 1 amide bonds. The van der Waals surface area contributed by atoms with E-state index in [0.29, 0.717) is 6.42 Å². The number of carboxylic acid groups (broad SMARTS) is 1. The number of alkyl carbamates (subject to hydrolysis) is 1. The molecule has 6 heteroatoms. The van der Waals surface area contributed by atoms with Crippen LogP contribution in [0.4, 0.5) is 4.79 Å². The average molecular weight is 275 g/mol. The Bertz CT molecular complexity index is 311. The predicted molar refractivity (Wildman–Crippen MR) is 70.9 cm³/mol. The molecule has 0 unspecified atom stereocenters. The Hall–Kier alpha value is -1.30. The lowest BCUT2D eigenvalue weighted by molar-refractivity contribution is -0.139. The number of carbonyl (C=O) groups is 2. The molecule has 0 aromatic heterocycles. The molecule has 0 spiro atoms. The van der Waals surface area contributed by atoms with Gasteiger partial charge in [0, 0.05) is 0 Å². The van der Waals surface area contributed by atoms with Crippen molar-refractivity contribution in [1.82, 2.24) is 5.32 Å². The van der Waals surface area contributed by atoms with E-state index in [4.69, 9.17) is 9.84 Å². The van der Waals surface area contributed by atoms with Crippen LogP contribution in [0.15, 0.2) is 0 Å². The Morgan fingerprint density at radius 2 is 1.84 bits per heavy atom. The van der Waals surface area contributed by atoms with Crippen molar-refractivity contribution < 1.29 is 24.5 Å². The summed E-state index contributed by atoms with van der Waals surface area (Å²) in [5.41, 5.74) is -0.637. The molecule has 0 radical (unpaired) electrons. The minimum atomic E-state index is -1.14. The predicted octanol–water partition coefficient (Wildman–Crippen LogP) is 1.76. The molecule has 0 heterocycles. The topological polar surface area (TPSA) is 95.9 Å². The lowest BCUT2D eigenvalue weighted by atomic mass is 9.93. The number of carbonyl (C=O) groups excluding carboxylic acids is 1. The highest BCUT2D eigenvalue weighted by Crippen LogP contribution is 2.15. The van der Waals surface area contributed by atoms with Crippen LogP contribution in [0.3, 0.4) is 0 Å². The van der Waals surface area contributed by atoms with Crippen LogP contribution in [0.2, 0.25) is 0 Å². The van der Waals surface area contributed by atoms with Gasteiger partial charge in [-0.3, -0.25) is 4.79 Å². The molecule has 19 heavy (non-hydrogen) atoms. The van der Waals surface area contributed by atoms with Gasteiger partial charge in [0.15, 0.2) is 0 Å². The molecule has 0 aliphatic carbocycles. The highest BCUT2D eigenvalue weighted by atomic mass is 16.6. The maximum atomic E-state index is 11.7. The Morgan fingerprint density at radius 3 is 2.21 bits per heavy atom. The molecule has 112 valence electrons. The zero-order valence-electron chi connectivity index (χ0n) is 12.3. The van der Waals surface area contributed by atoms with Crippen LogP contribution < -0.4 is 5.32 Å². The van der Waals surface area contributed by atoms with Gasteiger partial charge in [0.2, 0.25) is 0 Å². The molecule has 6 nitrogen and oxygen atoms in total. The van der Waals surface area contributed by atoms with Crippen molar-refractivity contribution in [3.63, 3.8) is 0 Å². The first-order valence-corrected chi connectivity index (χ1v) is 6.46. The van der Waals surface area contributed by atoms with E-state index >= 15 is 0 Å². The quantitative estimate of drug-likeness (QED) is 0.686. The van der Waals surface area contributed by atoms with Crippen LogP contribution in [0.25, 0.3) is 0 Å². The molecule has 0 fully saturated rings. The van der Waals surface area contributed by atoms with Crippen LogP contribution >= 0.6 is 0 Å². The van der Waals surface area contributed by atoms with Gasteiger partial charge in [-0.05, 0) is 26.7 Å². The third-order valence-corrected chi connectivity index (χ3v) is 2.74. The van der Waals surface area contributed by atoms with Crippen LogP contribution in [-0.2, 0) is 9.53 Å². The summed E-state index contributed by atoms with van der Waals surface area (Å²) in [5, 5.41) is 21.1. The van der Waals surface area contributed by atoms with Gasteiger partial charge in [-0.1, -0.05) is 20.3 Å². The van der Waals surface area contributed by atoms with Crippen molar-refractivity contribution in [3.8, 4) is 0 Å². The summed E-state index contributed by atoms with van der Waals surface area (Å²) in [6, 6.07) is -0.643. The molecule has 0 aliphatic heterocycles. The fourth-order valence-electron chi connectivity index (χ4n) is 1.62. The zero-order chi connectivity index (χ0) is 15.2. The molecular formula is C13H25NO5. The molecule has 0 aromatic carbocycles. The van der Waals surface area contributed by atoms with E-state index < -0.39 is 36.2 Å². The summed E-state index contributed by atoms with van der Waals surface area (Å²) in [6.45, 7) is 8.95. The monoisotopic (exact) mass is 275 g/mol. The van der Waals surface area contributed by atoms with Crippen molar-refractivity contribution in [2.75, 3.05) is 0 Å². The Balaban J connectivity index is 4.68. The fraction of sp³-hybridized carbons (Fsp3) is 0.846. The van der Waals surface area contributed by atoms with Crippen molar-refractivity contribution in [2.24, 2.45) is 5.92 Å². The normalized spacial score (nSPS) is 16.3. The summed E-state index contributed by atoms with van der Waals surface area (Å²) >= 11 is 0. The third kappa shape index (κ3) is 7.66. The number of hydrogen-bond donors (Lipinski definition) is 3. The minimum Gasteiger partial charge on any atom is -0.481 e. The highest BCUT2D eigenvalue weighted by molar-refractivity contribution is 5.69. The summed E-state index contributed by atoms with van der Waals surface area (Å²) in [7, 11) is 0. The summed E-state index contributed by atoms with van der Waals surface area (Å²) in [6.07, 6.45) is -1.50. The molecule has 0 saturated heterocycles. The number of aliphatic carboxylic acids is 1. The van der Waals surface area contributed by atoms with Crippen molar-refractivity contribution in [3.05, 3.63) is 0 Å². The van der Waals surface area contributed by atoms with Gasteiger partial charge in [-0.25, -0.2) is 4.79 Å². The number of nitrogens with one attached hydrogen (secondary N) is 1. The molecule has 0 saturated carbocycles. The van der Waals surface area contributed by atoms with Crippen molar-refractivity contribution in [2.45, 2.75) is 65.2 Å². The summed E-state index contributed by atoms with van der Waals surface area (Å²) in [4.78, 5) is 22.3. The van der Waals surface area contributed by atoms with E-state index in [1.165, 1.54) is 0 Å². The Labute approximate surface area is 114 Å². The number of aliphatic hydroxyl groups excluding tert-OH is 1. The van der Waals surface area contributed by atoms with Gasteiger partial charge >= 0.3 is 12.1 Å². The second-order valence-corrected chi connectivity index (χ2v) is 5.72. The number of ether oxygens (including phenoxy) is 1. The first-order valence-electron chi connectivity index (χ1n) is 6.46. The summed E-state index contributed by atoms with van der Waals surface area (Å²) < 4.78 is 5.11. The summed E-state index contributed by atoms with van der Waals surface area (Å²) in [5.74, 6) is -1.16. The van der Waals surface area contributed by atoms with Crippen LogP contribution in [0.5, 0.6) is 0 Å². The Kier molecular flexibility index (Phi) is 6.83. The minimum absolute atomic E-state index is 0.0538. The van der Waals surface area contributed by atoms with Gasteiger partial charge in [0.25, 0.3) is 0 Å². The first-order chi connectivity index (χ1) is 8.56. The largest absolute Gasteiger partial charge is 0.481 e. The standard InChI is InChI=1S/C13H25NO5/c1-6-8(2)11(9(15)7-10(16)17)14-12(18)19-13(3,4)5/h8-9,11,15H,6-7H2,1-5H3,(H,14,18)(H,16,17)/t8-,9-,11-/m0/s1.